The average Bonchev–Trinajstić information content (AvgIpc) is 3.27. The Morgan fingerprint density at radius 1 is 1.32 bits per heavy atom. The van der Waals surface area contributed by atoms with Gasteiger partial charge in [0.05, 0.1) is 13.2 Å². The first-order valence-corrected chi connectivity index (χ1v) is 7.01. The quantitative estimate of drug-likeness (QED) is 0.754. The highest BCUT2D eigenvalue weighted by atomic mass is 16.5. The number of aliphatic hydroxyl groups excluding tert-OH is 1. The first kappa shape index (κ1) is 14.2. The van der Waals surface area contributed by atoms with Crippen molar-refractivity contribution in [3.05, 3.63) is 24.3 Å². The predicted octanol–water partition coefficient (Wildman–Crippen LogP) is 1.95. The van der Waals surface area contributed by atoms with E-state index in [4.69, 9.17) is 15.2 Å². The minimum absolute atomic E-state index is 0.0697. The van der Waals surface area contributed by atoms with Gasteiger partial charge in [0.25, 0.3) is 0 Å². The van der Waals surface area contributed by atoms with E-state index in [2.05, 4.69) is 6.92 Å². The summed E-state index contributed by atoms with van der Waals surface area (Å²) in [6.07, 6.45) is 2.85. The lowest BCUT2D eigenvalue weighted by molar-refractivity contribution is 0.0847. The summed E-state index contributed by atoms with van der Waals surface area (Å²) in [7, 11) is 0. The van der Waals surface area contributed by atoms with Gasteiger partial charge in [0.1, 0.15) is 6.10 Å². The van der Waals surface area contributed by atoms with Gasteiger partial charge in [-0.05, 0) is 37.3 Å². The normalized spacial score (nSPS) is 17.8. The topological polar surface area (TPSA) is 64.7 Å². The van der Waals surface area contributed by atoms with Gasteiger partial charge in [-0.3, -0.25) is 0 Å². The Bertz CT molecular complexity index is 393. The number of rotatable bonds is 8. The lowest BCUT2D eigenvalue weighted by Crippen LogP contribution is -2.43. The molecular weight excluding hydrogens is 242 g/mol. The van der Waals surface area contributed by atoms with Crippen molar-refractivity contribution < 1.29 is 14.6 Å². The zero-order valence-electron chi connectivity index (χ0n) is 11.4. The monoisotopic (exact) mass is 265 g/mol. The Labute approximate surface area is 114 Å². The molecule has 1 aliphatic carbocycles. The summed E-state index contributed by atoms with van der Waals surface area (Å²) in [5, 5.41) is 9.46. The number of hydrogen-bond donors (Lipinski definition) is 2. The highest BCUT2D eigenvalue weighted by Crippen LogP contribution is 2.35. The van der Waals surface area contributed by atoms with E-state index >= 15 is 0 Å². The highest BCUT2D eigenvalue weighted by molar-refractivity contribution is 5.39. The van der Waals surface area contributed by atoms with Crippen molar-refractivity contribution >= 4 is 0 Å². The van der Waals surface area contributed by atoms with Gasteiger partial charge in [0.15, 0.2) is 11.5 Å². The van der Waals surface area contributed by atoms with Crippen molar-refractivity contribution in [1.82, 2.24) is 0 Å². The third-order valence-electron chi connectivity index (χ3n) is 3.36. The first-order valence-electron chi connectivity index (χ1n) is 7.01. The van der Waals surface area contributed by atoms with Crippen LogP contribution < -0.4 is 15.2 Å². The van der Waals surface area contributed by atoms with Crippen molar-refractivity contribution in [2.24, 2.45) is 11.7 Å². The molecule has 2 rings (SSSR count). The third-order valence-corrected chi connectivity index (χ3v) is 3.36. The van der Waals surface area contributed by atoms with Crippen LogP contribution in [0.1, 0.15) is 26.2 Å². The van der Waals surface area contributed by atoms with Crippen LogP contribution in [0.5, 0.6) is 11.5 Å². The van der Waals surface area contributed by atoms with E-state index in [1.54, 1.807) is 0 Å². The molecule has 106 valence electrons. The van der Waals surface area contributed by atoms with E-state index in [-0.39, 0.29) is 18.8 Å². The molecule has 1 saturated carbocycles. The predicted molar refractivity (Wildman–Crippen MR) is 74.4 cm³/mol. The smallest absolute Gasteiger partial charge is 0.161 e. The molecule has 3 N–H and O–H groups in total. The highest BCUT2D eigenvalue weighted by Gasteiger charge is 2.35. The van der Waals surface area contributed by atoms with Gasteiger partial charge in [-0.15, -0.1) is 0 Å². The van der Waals surface area contributed by atoms with E-state index < -0.39 is 0 Å². The number of para-hydroxylation sites is 2. The fourth-order valence-electron chi connectivity index (χ4n) is 2.06. The van der Waals surface area contributed by atoms with E-state index in [9.17, 15) is 5.11 Å². The number of hydrogen-bond acceptors (Lipinski definition) is 4. The maximum atomic E-state index is 9.46. The number of nitrogens with two attached hydrogens (primary N) is 1. The summed E-state index contributed by atoms with van der Waals surface area (Å²) in [4.78, 5) is 0. The van der Waals surface area contributed by atoms with Crippen LogP contribution >= 0.6 is 0 Å². The van der Waals surface area contributed by atoms with E-state index in [0.717, 1.165) is 19.3 Å². The Hall–Kier alpha value is -1.26. The zero-order chi connectivity index (χ0) is 13.7. The van der Waals surface area contributed by atoms with Gasteiger partial charge >= 0.3 is 0 Å². The van der Waals surface area contributed by atoms with Crippen molar-refractivity contribution in [3.63, 3.8) is 0 Å². The Balaban J connectivity index is 2.03. The van der Waals surface area contributed by atoms with Crippen LogP contribution in [0.25, 0.3) is 0 Å². The molecule has 1 aromatic rings. The zero-order valence-corrected chi connectivity index (χ0v) is 11.4. The molecule has 0 bridgehead atoms. The summed E-state index contributed by atoms with van der Waals surface area (Å²) in [6.45, 7) is 2.64. The van der Waals surface area contributed by atoms with Crippen LogP contribution in [-0.4, -0.2) is 30.5 Å². The van der Waals surface area contributed by atoms with Gasteiger partial charge < -0.3 is 20.3 Å². The van der Waals surface area contributed by atoms with E-state index in [0.29, 0.717) is 24.0 Å². The molecule has 0 aliphatic heterocycles. The third kappa shape index (κ3) is 3.85. The second kappa shape index (κ2) is 6.78. The van der Waals surface area contributed by atoms with Crippen molar-refractivity contribution in [3.8, 4) is 11.5 Å². The van der Waals surface area contributed by atoms with Crippen LogP contribution in [0.3, 0.4) is 0 Å². The van der Waals surface area contributed by atoms with Crippen LogP contribution in [0.15, 0.2) is 24.3 Å². The molecule has 4 nitrogen and oxygen atoms in total. The summed E-state index contributed by atoms with van der Waals surface area (Å²) >= 11 is 0. The molecule has 0 amide bonds. The molecule has 0 heterocycles. The van der Waals surface area contributed by atoms with Crippen molar-refractivity contribution in [2.45, 2.75) is 38.3 Å². The minimum Gasteiger partial charge on any atom is -0.490 e. The SMILES string of the molecule is CCCOc1ccccc1OC(CO)C(N)C1CC1. The Kier molecular flexibility index (Phi) is 5.05. The maximum absolute atomic E-state index is 9.46. The Morgan fingerprint density at radius 3 is 2.58 bits per heavy atom. The second-order valence-corrected chi connectivity index (χ2v) is 5.05. The van der Waals surface area contributed by atoms with Crippen molar-refractivity contribution in [2.75, 3.05) is 13.2 Å². The molecule has 0 radical (unpaired) electrons. The lowest BCUT2D eigenvalue weighted by Gasteiger charge is -2.24. The summed E-state index contributed by atoms with van der Waals surface area (Å²) in [5.41, 5.74) is 6.11. The maximum Gasteiger partial charge on any atom is 0.161 e. The molecule has 4 heteroatoms. The van der Waals surface area contributed by atoms with Crippen molar-refractivity contribution in [1.29, 1.82) is 0 Å². The minimum atomic E-state index is -0.362. The number of benzene rings is 1. The fourth-order valence-corrected chi connectivity index (χ4v) is 2.06. The van der Waals surface area contributed by atoms with E-state index in [1.807, 2.05) is 24.3 Å². The summed E-state index contributed by atoms with van der Waals surface area (Å²) in [5.74, 6) is 1.86. The molecule has 2 atom stereocenters. The van der Waals surface area contributed by atoms with Crippen LogP contribution in [-0.2, 0) is 0 Å². The molecule has 1 fully saturated rings. The Morgan fingerprint density at radius 2 is 2.00 bits per heavy atom. The number of ether oxygens (including phenoxy) is 2. The molecule has 0 aromatic heterocycles. The van der Waals surface area contributed by atoms with Gasteiger partial charge in [-0.2, -0.15) is 0 Å². The second-order valence-electron chi connectivity index (χ2n) is 5.05. The molecular formula is C15H23NO3. The number of aliphatic hydroxyl groups is 1. The van der Waals surface area contributed by atoms with Crippen LogP contribution in [0, 0.1) is 5.92 Å². The molecule has 2 unspecified atom stereocenters. The van der Waals surface area contributed by atoms with Gasteiger partial charge in [-0.25, -0.2) is 0 Å². The lowest BCUT2D eigenvalue weighted by atomic mass is 10.1. The standard InChI is InChI=1S/C15H23NO3/c1-2-9-18-12-5-3-4-6-13(12)19-14(10-17)15(16)11-7-8-11/h3-6,11,14-15,17H,2,7-10,16H2,1H3. The van der Waals surface area contributed by atoms with Gasteiger partial charge in [-0.1, -0.05) is 19.1 Å². The van der Waals surface area contributed by atoms with Gasteiger partial charge in [0.2, 0.25) is 0 Å². The summed E-state index contributed by atoms with van der Waals surface area (Å²) < 4.78 is 11.5. The largest absolute Gasteiger partial charge is 0.490 e. The van der Waals surface area contributed by atoms with E-state index in [1.165, 1.54) is 0 Å². The molecule has 0 spiro atoms. The molecule has 1 aliphatic rings. The molecule has 0 saturated heterocycles. The average molecular weight is 265 g/mol. The van der Waals surface area contributed by atoms with Crippen LogP contribution in [0.2, 0.25) is 0 Å². The fraction of sp³-hybridized carbons (Fsp3) is 0.600. The molecule has 19 heavy (non-hydrogen) atoms. The van der Waals surface area contributed by atoms with Gasteiger partial charge in [0, 0.05) is 6.04 Å². The summed E-state index contributed by atoms with van der Waals surface area (Å²) in [6, 6.07) is 7.43. The van der Waals surface area contributed by atoms with Crippen LogP contribution in [0.4, 0.5) is 0 Å². The first-order chi connectivity index (χ1) is 9.26. The molecule has 1 aromatic carbocycles.